The van der Waals surface area contributed by atoms with Crippen molar-refractivity contribution in [2.75, 3.05) is 21.3 Å². The zero-order valence-electron chi connectivity index (χ0n) is 13.1. The van der Waals surface area contributed by atoms with E-state index in [9.17, 15) is 0 Å². The number of benzene rings is 1. The van der Waals surface area contributed by atoms with Gasteiger partial charge in [-0.05, 0) is 26.0 Å². The molecule has 0 unspecified atom stereocenters. The van der Waals surface area contributed by atoms with Crippen LogP contribution in [0, 0.1) is 6.92 Å². The van der Waals surface area contributed by atoms with Gasteiger partial charge in [-0.25, -0.2) is 4.98 Å². The molecule has 0 saturated carbocycles. The molecule has 0 saturated heterocycles. The predicted molar refractivity (Wildman–Crippen MR) is 85.9 cm³/mol. The van der Waals surface area contributed by atoms with E-state index in [0.717, 1.165) is 15.4 Å². The van der Waals surface area contributed by atoms with Crippen molar-refractivity contribution in [1.29, 1.82) is 0 Å². The van der Waals surface area contributed by atoms with Crippen molar-refractivity contribution in [3.05, 3.63) is 22.0 Å². The van der Waals surface area contributed by atoms with Crippen LogP contribution in [0.2, 0.25) is 0 Å². The van der Waals surface area contributed by atoms with Crippen molar-refractivity contribution in [2.45, 2.75) is 13.8 Å². The normalized spacial score (nSPS) is 11.4. The van der Waals surface area contributed by atoms with Gasteiger partial charge in [0.15, 0.2) is 11.5 Å². The van der Waals surface area contributed by atoms with Crippen LogP contribution in [0.15, 0.2) is 17.3 Å². The summed E-state index contributed by atoms with van der Waals surface area (Å²) in [6.45, 7) is 3.62. The highest BCUT2D eigenvalue weighted by atomic mass is 32.1. The first kappa shape index (κ1) is 16.1. The third-order valence-electron chi connectivity index (χ3n) is 3.17. The Kier molecular flexibility index (Phi) is 4.87. The number of oxime groups is 1. The molecule has 2 rings (SSSR count). The van der Waals surface area contributed by atoms with E-state index in [4.69, 9.17) is 19.4 Å². The lowest BCUT2D eigenvalue weighted by molar-refractivity contribution is 0.319. The molecule has 6 nitrogen and oxygen atoms in total. The molecule has 0 aliphatic carbocycles. The zero-order chi connectivity index (χ0) is 16.3. The van der Waals surface area contributed by atoms with Crippen molar-refractivity contribution in [1.82, 2.24) is 4.98 Å². The number of aryl methyl sites for hydroxylation is 1. The van der Waals surface area contributed by atoms with Crippen molar-refractivity contribution in [3.63, 3.8) is 0 Å². The largest absolute Gasteiger partial charge is 0.493 e. The summed E-state index contributed by atoms with van der Waals surface area (Å²) in [6, 6.07) is 3.64. The summed E-state index contributed by atoms with van der Waals surface area (Å²) in [6.07, 6.45) is 0. The maximum absolute atomic E-state index is 9.07. The van der Waals surface area contributed by atoms with Crippen molar-refractivity contribution >= 4 is 17.0 Å². The molecule has 7 heteroatoms. The fraction of sp³-hybridized carbons (Fsp3) is 0.333. The quantitative estimate of drug-likeness (QED) is 0.519. The lowest BCUT2D eigenvalue weighted by Gasteiger charge is -2.15. The predicted octanol–water partition coefficient (Wildman–Crippen LogP) is 3.34. The number of thiazole rings is 1. The van der Waals surface area contributed by atoms with Crippen LogP contribution >= 0.6 is 11.3 Å². The van der Waals surface area contributed by atoms with Gasteiger partial charge in [-0.3, -0.25) is 0 Å². The number of aromatic nitrogens is 1. The second-order valence-electron chi connectivity index (χ2n) is 4.48. The number of ether oxygens (including phenoxy) is 3. The smallest absolute Gasteiger partial charge is 0.203 e. The van der Waals surface area contributed by atoms with Crippen LogP contribution in [-0.2, 0) is 0 Å². The Balaban J connectivity index is 2.73. The number of hydrogen-bond donors (Lipinski definition) is 1. The summed E-state index contributed by atoms with van der Waals surface area (Å²) >= 11 is 1.45. The van der Waals surface area contributed by atoms with Crippen LogP contribution < -0.4 is 14.2 Å². The minimum atomic E-state index is 0.498. The maximum Gasteiger partial charge on any atom is 0.203 e. The van der Waals surface area contributed by atoms with Gasteiger partial charge in [-0.2, -0.15) is 0 Å². The first-order valence-corrected chi connectivity index (χ1v) is 7.34. The fourth-order valence-corrected chi connectivity index (χ4v) is 3.06. The van der Waals surface area contributed by atoms with E-state index in [1.807, 2.05) is 13.0 Å². The Labute approximate surface area is 133 Å². The van der Waals surface area contributed by atoms with Gasteiger partial charge in [0.05, 0.1) is 42.6 Å². The van der Waals surface area contributed by atoms with Gasteiger partial charge >= 0.3 is 0 Å². The van der Waals surface area contributed by atoms with Gasteiger partial charge in [-0.1, -0.05) is 5.16 Å². The molecule has 118 valence electrons. The average molecular weight is 322 g/mol. The summed E-state index contributed by atoms with van der Waals surface area (Å²) in [5.41, 5.74) is 1.94. The highest BCUT2D eigenvalue weighted by Crippen LogP contribution is 2.45. The van der Waals surface area contributed by atoms with Crippen LogP contribution in [0.1, 0.15) is 16.8 Å². The van der Waals surface area contributed by atoms with Gasteiger partial charge in [0, 0.05) is 5.56 Å². The van der Waals surface area contributed by atoms with Crippen molar-refractivity contribution in [2.24, 2.45) is 5.16 Å². The molecule has 0 bridgehead atoms. The Hall–Kier alpha value is -2.28. The van der Waals surface area contributed by atoms with E-state index in [2.05, 4.69) is 10.1 Å². The monoisotopic (exact) mass is 322 g/mol. The van der Waals surface area contributed by atoms with Crippen LogP contribution in [0.3, 0.4) is 0 Å². The summed E-state index contributed by atoms with van der Waals surface area (Å²) in [4.78, 5) is 5.32. The molecule has 22 heavy (non-hydrogen) atoms. The highest BCUT2D eigenvalue weighted by Gasteiger charge is 2.22. The molecule has 0 radical (unpaired) electrons. The summed E-state index contributed by atoms with van der Waals surface area (Å²) < 4.78 is 16.2. The first-order chi connectivity index (χ1) is 10.6. The SMILES string of the molecule is COc1ccc(-c2nc(C)sc2/C(C)=N/O)c(OC)c1OC. The number of methoxy groups -OCH3 is 3. The molecule has 1 N–H and O–H groups in total. The Morgan fingerprint density at radius 2 is 1.82 bits per heavy atom. The number of hydrogen-bond acceptors (Lipinski definition) is 7. The van der Waals surface area contributed by atoms with Crippen LogP contribution in [0.5, 0.6) is 17.2 Å². The van der Waals surface area contributed by atoms with E-state index < -0.39 is 0 Å². The van der Waals surface area contributed by atoms with Crippen molar-refractivity contribution < 1.29 is 19.4 Å². The molecule has 2 aromatic rings. The average Bonchev–Trinajstić information content (AvgIpc) is 2.93. The van der Waals surface area contributed by atoms with E-state index >= 15 is 0 Å². The standard InChI is InChI=1S/C15H18N2O4S/c1-8(17-18)15-12(16-9(2)22-15)10-6-7-11(19-3)14(21-5)13(10)20-4/h6-7,18H,1-5H3/b17-8+. The molecule has 0 spiro atoms. The lowest BCUT2D eigenvalue weighted by atomic mass is 10.1. The van der Waals surface area contributed by atoms with Gasteiger partial charge in [-0.15, -0.1) is 11.3 Å². The summed E-state index contributed by atoms with van der Waals surface area (Å²) in [5, 5.41) is 13.2. The van der Waals surface area contributed by atoms with E-state index in [1.165, 1.54) is 11.3 Å². The van der Waals surface area contributed by atoms with Gasteiger partial charge in [0.25, 0.3) is 0 Å². The number of rotatable bonds is 5. The first-order valence-electron chi connectivity index (χ1n) is 6.53. The minimum Gasteiger partial charge on any atom is -0.493 e. The molecule has 0 fully saturated rings. The lowest BCUT2D eigenvalue weighted by Crippen LogP contribution is -1.99. The molecule has 0 aliphatic heterocycles. The van der Waals surface area contributed by atoms with E-state index in [-0.39, 0.29) is 0 Å². The Morgan fingerprint density at radius 1 is 1.14 bits per heavy atom. The fourth-order valence-electron chi connectivity index (χ4n) is 2.19. The second kappa shape index (κ2) is 6.65. The third kappa shape index (κ3) is 2.71. The molecule has 1 aromatic heterocycles. The van der Waals surface area contributed by atoms with Crippen LogP contribution in [-0.4, -0.2) is 37.2 Å². The number of nitrogens with zero attached hydrogens (tertiary/aromatic N) is 2. The molecule has 1 aromatic carbocycles. The van der Waals surface area contributed by atoms with E-state index in [0.29, 0.717) is 28.7 Å². The maximum atomic E-state index is 9.07. The molecule has 0 aliphatic rings. The molecular weight excluding hydrogens is 304 g/mol. The summed E-state index contributed by atoms with van der Waals surface area (Å²) in [5.74, 6) is 1.60. The van der Waals surface area contributed by atoms with Crippen molar-refractivity contribution in [3.8, 4) is 28.5 Å². The zero-order valence-corrected chi connectivity index (χ0v) is 13.9. The van der Waals surface area contributed by atoms with Crippen LogP contribution in [0.25, 0.3) is 11.3 Å². The van der Waals surface area contributed by atoms with Gasteiger partial charge < -0.3 is 19.4 Å². The van der Waals surface area contributed by atoms with Gasteiger partial charge in [0.1, 0.15) is 0 Å². The molecule has 0 amide bonds. The Bertz CT molecular complexity index is 710. The molecule has 0 atom stereocenters. The Morgan fingerprint density at radius 3 is 2.36 bits per heavy atom. The van der Waals surface area contributed by atoms with E-state index in [1.54, 1.807) is 34.3 Å². The topological polar surface area (TPSA) is 73.2 Å². The van der Waals surface area contributed by atoms with Gasteiger partial charge in [0.2, 0.25) is 5.75 Å². The molecule has 1 heterocycles. The summed E-state index contributed by atoms with van der Waals surface area (Å²) in [7, 11) is 4.68. The molecular formula is C15H18N2O4S. The highest BCUT2D eigenvalue weighted by molar-refractivity contribution is 7.14. The minimum absolute atomic E-state index is 0.498. The third-order valence-corrected chi connectivity index (χ3v) is 4.25. The second-order valence-corrected chi connectivity index (χ2v) is 5.68. The van der Waals surface area contributed by atoms with Crippen LogP contribution in [0.4, 0.5) is 0 Å².